The van der Waals surface area contributed by atoms with Crippen LogP contribution in [0.2, 0.25) is 0 Å². The molecule has 0 aromatic carbocycles. The number of carbonyl (C=O) groups excluding carboxylic acids is 1. The van der Waals surface area contributed by atoms with Crippen molar-refractivity contribution >= 4 is 5.91 Å². The maximum absolute atomic E-state index is 11.8. The van der Waals surface area contributed by atoms with Gasteiger partial charge in [0.15, 0.2) is 0 Å². The number of nitrogens with one attached hydrogen (secondary N) is 1. The first-order chi connectivity index (χ1) is 9.71. The van der Waals surface area contributed by atoms with Gasteiger partial charge in [-0.2, -0.15) is 0 Å². The molecule has 1 aliphatic rings. The van der Waals surface area contributed by atoms with E-state index in [-0.39, 0.29) is 24.2 Å². The highest BCUT2D eigenvalue weighted by molar-refractivity contribution is 5.76. The smallest absolute Gasteiger partial charge is 0.220 e. The van der Waals surface area contributed by atoms with E-state index in [9.17, 15) is 4.79 Å². The van der Waals surface area contributed by atoms with E-state index < -0.39 is 0 Å². The molecule has 0 aromatic rings. The zero-order valence-corrected chi connectivity index (χ0v) is 13.0. The van der Waals surface area contributed by atoms with Crippen LogP contribution in [0.3, 0.4) is 0 Å². The molecule has 1 rings (SSSR count). The number of methoxy groups -OCH3 is 2. The normalized spacial score (nSPS) is 26.4. The van der Waals surface area contributed by atoms with E-state index in [2.05, 4.69) is 12.2 Å². The average Bonchev–Trinajstić information content (AvgIpc) is 2.45. The lowest BCUT2D eigenvalue weighted by molar-refractivity contribution is -0.135. The molecule has 5 nitrogen and oxygen atoms in total. The van der Waals surface area contributed by atoms with Gasteiger partial charge in [0.05, 0.1) is 25.4 Å². The van der Waals surface area contributed by atoms with Gasteiger partial charge in [0.2, 0.25) is 5.91 Å². The number of amides is 1. The van der Waals surface area contributed by atoms with Crippen LogP contribution in [0.1, 0.15) is 45.4 Å². The first-order valence-electron chi connectivity index (χ1n) is 7.64. The predicted octanol–water partition coefficient (Wildman–Crippen LogP) is 1.89. The molecule has 1 heterocycles. The predicted molar refractivity (Wildman–Crippen MR) is 77.7 cm³/mol. The van der Waals surface area contributed by atoms with Gasteiger partial charge in [-0.25, -0.2) is 0 Å². The Morgan fingerprint density at radius 2 is 2.10 bits per heavy atom. The minimum absolute atomic E-state index is 0.0194. The van der Waals surface area contributed by atoms with Crippen molar-refractivity contribution in [1.29, 1.82) is 0 Å². The van der Waals surface area contributed by atoms with E-state index in [4.69, 9.17) is 14.2 Å². The van der Waals surface area contributed by atoms with Crippen LogP contribution in [0, 0.1) is 0 Å². The van der Waals surface area contributed by atoms with Crippen molar-refractivity contribution in [1.82, 2.24) is 5.32 Å². The summed E-state index contributed by atoms with van der Waals surface area (Å²) in [7, 11) is 3.33. The topological polar surface area (TPSA) is 56.8 Å². The van der Waals surface area contributed by atoms with Gasteiger partial charge in [0.25, 0.3) is 0 Å². The van der Waals surface area contributed by atoms with Crippen LogP contribution >= 0.6 is 0 Å². The number of rotatable bonds is 9. The highest BCUT2D eigenvalue weighted by Crippen LogP contribution is 2.18. The van der Waals surface area contributed by atoms with Crippen LogP contribution in [-0.4, -0.2) is 51.6 Å². The third-order valence-corrected chi connectivity index (χ3v) is 3.70. The van der Waals surface area contributed by atoms with Crippen LogP contribution in [0.5, 0.6) is 0 Å². The first kappa shape index (κ1) is 17.4. The summed E-state index contributed by atoms with van der Waals surface area (Å²) in [5, 5.41) is 3.04. The molecule has 1 fully saturated rings. The summed E-state index contributed by atoms with van der Waals surface area (Å²) in [6, 6.07) is 0.0479. The lowest BCUT2D eigenvalue weighted by atomic mass is 10.0. The van der Waals surface area contributed by atoms with Gasteiger partial charge >= 0.3 is 0 Å². The summed E-state index contributed by atoms with van der Waals surface area (Å²) < 4.78 is 16.3. The second-order valence-corrected chi connectivity index (χ2v) is 5.41. The molecule has 118 valence electrons. The monoisotopic (exact) mass is 287 g/mol. The van der Waals surface area contributed by atoms with Gasteiger partial charge in [-0.15, -0.1) is 0 Å². The van der Waals surface area contributed by atoms with Gasteiger partial charge in [0.1, 0.15) is 6.10 Å². The van der Waals surface area contributed by atoms with Crippen LogP contribution in [0.4, 0.5) is 0 Å². The van der Waals surface area contributed by atoms with Crippen molar-refractivity contribution in [2.75, 3.05) is 27.4 Å². The highest BCUT2D eigenvalue weighted by Gasteiger charge is 2.32. The standard InChI is InChI=1S/C15H29NO4/c1-4-5-6-7-8-15(17)16-12-9-13(19-3)14(11-18-2)20-10-12/h12-14H,4-11H2,1-3H3,(H,16,17). The zero-order valence-electron chi connectivity index (χ0n) is 13.0. The Kier molecular flexibility index (Phi) is 8.82. The van der Waals surface area contributed by atoms with Gasteiger partial charge in [-0.1, -0.05) is 26.2 Å². The number of ether oxygens (including phenoxy) is 3. The van der Waals surface area contributed by atoms with E-state index >= 15 is 0 Å². The second kappa shape index (κ2) is 10.1. The highest BCUT2D eigenvalue weighted by atomic mass is 16.6. The van der Waals surface area contributed by atoms with Crippen molar-refractivity contribution in [3.63, 3.8) is 0 Å². The van der Waals surface area contributed by atoms with Crippen LogP contribution in [0.15, 0.2) is 0 Å². The van der Waals surface area contributed by atoms with Gasteiger partial charge in [0, 0.05) is 20.6 Å². The molecule has 0 aromatic heterocycles. The lowest BCUT2D eigenvalue weighted by Gasteiger charge is -2.35. The molecule has 1 amide bonds. The fourth-order valence-corrected chi connectivity index (χ4v) is 2.53. The first-order valence-corrected chi connectivity index (χ1v) is 7.64. The number of carbonyl (C=O) groups is 1. The number of hydrogen-bond acceptors (Lipinski definition) is 4. The summed E-state index contributed by atoms with van der Waals surface area (Å²) >= 11 is 0. The van der Waals surface area contributed by atoms with Crippen LogP contribution < -0.4 is 5.32 Å². The third kappa shape index (κ3) is 6.20. The largest absolute Gasteiger partial charge is 0.382 e. The number of unbranched alkanes of at least 4 members (excludes halogenated alkanes) is 3. The van der Waals surface area contributed by atoms with Crippen molar-refractivity contribution < 1.29 is 19.0 Å². The zero-order chi connectivity index (χ0) is 14.8. The minimum atomic E-state index is -0.0392. The molecular weight excluding hydrogens is 258 g/mol. The molecule has 0 radical (unpaired) electrons. The SMILES string of the molecule is CCCCCCC(=O)NC1COC(COC)C(OC)C1. The summed E-state index contributed by atoms with van der Waals surface area (Å²) in [5.41, 5.74) is 0. The summed E-state index contributed by atoms with van der Waals surface area (Å²) in [5.74, 6) is 0.120. The maximum atomic E-state index is 11.8. The van der Waals surface area contributed by atoms with E-state index in [1.807, 2.05) is 0 Å². The Labute approximate surface area is 122 Å². The fourth-order valence-electron chi connectivity index (χ4n) is 2.53. The van der Waals surface area contributed by atoms with E-state index in [1.54, 1.807) is 14.2 Å². The molecule has 5 heteroatoms. The molecule has 3 atom stereocenters. The van der Waals surface area contributed by atoms with Crippen LogP contribution in [0.25, 0.3) is 0 Å². The summed E-state index contributed by atoms with van der Waals surface area (Å²) in [4.78, 5) is 11.8. The fraction of sp³-hybridized carbons (Fsp3) is 0.933. The van der Waals surface area contributed by atoms with E-state index in [0.29, 0.717) is 19.6 Å². The van der Waals surface area contributed by atoms with E-state index in [0.717, 1.165) is 19.3 Å². The van der Waals surface area contributed by atoms with E-state index in [1.165, 1.54) is 12.8 Å². The molecule has 0 bridgehead atoms. The number of hydrogen-bond donors (Lipinski definition) is 1. The minimum Gasteiger partial charge on any atom is -0.382 e. The van der Waals surface area contributed by atoms with Crippen molar-refractivity contribution in [2.45, 2.75) is 63.7 Å². The average molecular weight is 287 g/mol. The van der Waals surface area contributed by atoms with Crippen molar-refractivity contribution in [3.05, 3.63) is 0 Å². The molecule has 1 saturated heterocycles. The van der Waals surface area contributed by atoms with Crippen molar-refractivity contribution in [3.8, 4) is 0 Å². The summed E-state index contributed by atoms with van der Waals surface area (Å²) in [6.45, 7) is 3.23. The lowest BCUT2D eigenvalue weighted by Crippen LogP contribution is -2.50. The Balaban J connectivity index is 2.25. The van der Waals surface area contributed by atoms with Gasteiger partial charge in [-0.3, -0.25) is 4.79 Å². The molecule has 1 aliphatic heterocycles. The Morgan fingerprint density at radius 3 is 2.75 bits per heavy atom. The Bertz CT molecular complexity index is 273. The maximum Gasteiger partial charge on any atom is 0.220 e. The summed E-state index contributed by atoms with van der Waals surface area (Å²) in [6.07, 6.45) is 5.81. The molecule has 20 heavy (non-hydrogen) atoms. The Morgan fingerprint density at radius 1 is 1.30 bits per heavy atom. The third-order valence-electron chi connectivity index (χ3n) is 3.70. The van der Waals surface area contributed by atoms with Gasteiger partial charge in [-0.05, 0) is 12.8 Å². The molecule has 0 saturated carbocycles. The molecule has 0 spiro atoms. The molecule has 1 N–H and O–H groups in total. The van der Waals surface area contributed by atoms with Gasteiger partial charge < -0.3 is 19.5 Å². The van der Waals surface area contributed by atoms with Crippen LogP contribution in [-0.2, 0) is 19.0 Å². The van der Waals surface area contributed by atoms with Crippen molar-refractivity contribution in [2.24, 2.45) is 0 Å². The molecular formula is C15H29NO4. The molecule has 3 unspecified atom stereocenters. The molecule has 0 aliphatic carbocycles. The quantitative estimate of drug-likeness (QED) is 0.658. The Hall–Kier alpha value is -0.650. The second-order valence-electron chi connectivity index (χ2n) is 5.41.